The van der Waals surface area contributed by atoms with E-state index in [0.29, 0.717) is 0 Å². The van der Waals surface area contributed by atoms with Gasteiger partial charge in [-0.1, -0.05) is 13.3 Å². The van der Waals surface area contributed by atoms with Gasteiger partial charge in [-0.25, -0.2) is 0 Å². The Hall–Kier alpha value is -0.460. The van der Waals surface area contributed by atoms with E-state index in [0.717, 1.165) is 6.61 Å². The summed E-state index contributed by atoms with van der Waals surface area (Å²) in [6.45, 7) is 3.10. The van der Waals surface area contributed by atoms with Crippen LogP contribution in [0.5, 0.6) is 0 Å². The molecule has 1 aliphatic heterocycles. The van der Waals surface area contributed by atoms with Crippen molar-refractivity contribution in [2.45, 2.75) is 26.2 Å². The lowest BCUT2D eigenvalue weighted by Gasteiger charge is -2.14. The van der Waals surface area contributed by atoms with Gasteiger partial charge in [-0.05, 0) is 12.8 Å². The highest BCUT2D eigenvalue weighted by Crippen LogP contribution is 2.14. The van der Waals surface area contributed by atoms with Gasteiger partial charge < -0.3 is 4.74 Å². The molecule has 0 saturated heterocycles. The van der Waals surface area contributed by atoms with Crippen LogP contribution in [0.4, 0.5) is 0 Å². The third kappa shape index (κ3) is 1.25. The fourth-order valence-corrected chi connectivity index (χ4v) is 0.736. The van der Waals surface area contributed by atoms with Gasteiger partial charge in [0.15, 0.2) is 0 Å². The highest BCUT2D eigenvalue weighted by atomic mass is 16.5. The van der Waals surface area contributed by atoms with E-state index >= 15 is 0 Å². The largest absolute Gasteiger partial charge is 0.497 e. The minimum Gasteiger partial charge on any atom is -0.497 e. The average Bonchev–Trinajstić information content (AvgIpc) is 1.63. The molecule has 0 aliphatic carbocycles. The molecule has 1 nitrogen and oxygen atoms in total. The van der Waals surface area contributed by atoms with Gasteiger partial charge in [-0.2, -0.15) is 0 Å². The predicted molar refractivity (Wildman–Crippen MR) is 33.6 cm³/mol. The maximum atomic E-state index is 4.87. The molecule has 0 bridgehead atoms. The quantitative estimate of drug-likeness (QED) is 0.543. The summed E-state index contributed by atoms with van der Waals surface area (Å²) in [5.74, 6) is 0. The molecule has 0 unspecified atom stereocenters. The van der Waals surface area contributed by atoms with Crippen molar-refractivity contribution in [3.8, 4) is 0 Å². The molecular weight excluding hydrogens is 100 g/mol. The van der Waals surface area contributed by atoms with E-state index in [1.54, 1.807) is 0 Å². The van der Waals surface area contributed by atoms with E-state index in [1.165, 1.54) is 24.8 Å². The SMILES string of the molecule is CCCCC1=COC1. The zero-order valence-electron chi connectivity index (χ0n) is 5.31. The topological polar surface area (TPSA) is 9.23 Å². The molecular formula is C7H12O. The van der Waals surface area contributed by atoms with Crippen LogP contribution in [-0.4, -0.2) is 6.61 Å². The summed E-state index contributed by atoms with van der Waals surface area (Å²) in [4.78, 5) is 0. The van der Waals surface area contributed by atoms with Gasteiger partial charge in [0.1, 0.15) is 6.61 Å². The van der Waals surface area contributed by atoms with E-state index in [4.69, 9.17) is 4.74 Å². The minimum absolute atomic E-state index is 0.889. The minimum atomic E-state index is 0.889. The zero-order valence-corrected chi connectivity index (χ0v) is 5.31. The van der Waals surface area contributed by atoms with Crippen LogP contribution in [0.1, 0.15) is 26.2 Å². The van der Waals surface area contributed by atoms with Gasteiger partial charge in [0, 0.05) is 5.57 Å². The molecule has 0 aromatic carbocycles. The van der Waals surface area contributed by atoms with Crippen LogP contribution >= 0.6 is 0 Å². The lowest BCUT2D eigenvalue weighted by atomic mass is 10.1. The Balaban J connectivity index is 2.02. The normalized spacial score (nSPS) is 16.4. The maximum Gasteiger partial charge on any atom is 0.112 e. The Morgan fingerprint density at radius 3 is 2.88 bits per heavy atom. The van der Waals surface area contributed by atoms with Gasteiger partial charge in [0.25, 0.3) is 0 Å². The highest BCUT2D eigenvalue weighted by Gasteiger charge is 2.04. The molecule has 8 heavy (non-hydrogen) atoms. The van der Waals surface area contributed by atoms with Crippen LogP contribution in [0.25, 0.3) is 0 Å². The smallest absolute Gasteiger partial charge is 0.112 e. The molecule has 1 rings (SSSR count). The Morgan fingerprint density at radius 1 is 1.75 bits per heavy atom. The zero-order chi connectivity index (χ0) is 5.82. The van der Waals surface area contributed by atoms with E-state index in [2.05, 4.69) is 6.92 Å². The molecule has 1 heterocycles. The number of ether oxygens (including phenoxy) is 1. The van der Waals surface area contributed by atoms with Gasteiger partial charge in [0.05, 0.1) is 6.26 Å². The average molecular weight is 112 g/mol. The summed E-state index contributed by atoms with van der Waals surface area (Å²) in [7, 11) is 0. The lowest BCUT2D eigenvalue weighted by Crippen LogP contribution is -2.04. The Morgan fingerprint density at radius 2 is 2.50 bits per heavy atom. The molecule has 0 atom stereocenters. The summed E-state index contributed by atoms with van der Waals surface area (Å²) in [5.41, 5.74) is 1.48. The van der Waals surface area contributed by atoms with Crippen molar-refractivity contribution in [1.29, 1.82) is 0 Å². The molecule has 0 aromatic heterocycles. The summed E-state index contributed by atoms with van der Waals surface area (Å²) < 4.78 is 4.87. The first-order valence-electron chi connectivity index (χ1n) is 3.23. The summed E-state index contributed by atoms with van der Waals surface area (Å²) in [6.07, 6.45) is 5.72. The van der Waals surface area contributed by atoms with Gasteiger partial charge >= 0.3 is 0 Å². The number of rotatable bonds is 3. The summed E-state index contributed by atoms with van der Waals surface area (Å²) >= 11 is 0. The van der Waals surface area contributed by atoms with Gasteiger partial charge in [-0.3, -0.25) is 0 Å². The molecule has 1 aliphatic rings. The van der Waals surface area contributed by atoms with E-state index < -0.39 is 0 Å². The predicted octanol–water partition coefficient (Wildman–Crippen LogP) is 2.09. The Kier molecular flexibility index (Phi) is 1.95. The summed E-state index contributed by atoms with van der Waals surface area (Å²) in [5, 5.41) is 0. The lowest BCUT2D eigenvalue weighted by molar-refractivity contribution is 0.217. The number of unbranched alkanes of at least 4 members (excludes halogenated alkanes) is 1. The second-order valence-electron chi connectivity index (χ2n) is 2.19. The van der Waals surface area contributed by atoms with Crippen LogP contribution < -0.4 is 0 Å². The maximum absolute atomic E-state index is 4.87. The number of hydrogen-bond donors (Lipinski definition) is 0. The van der Waals surface area contributed by atoms with Crippen molar-refractivity contribution in [1.82, 2.24) is 0 Å². The van der Waals surface area contributed by atoms with Gasteiger partial charge in [-0.15, -0.1) is 0 Å². The second-order valence-corrected chi connectivity index (χ2v) is 2.19. The standard InChI is InChI=1S/C7H12O/c1-2-3-4-7-5-8-6-7/h5H,2-4,6H2,1H3. The van der Waals surface area contributed by atoms with E-state index in [9.17, 15) is 0 Å². The molecule has 0 fully saturated rings. The van der Waals surface area contributed by atoms with Crippen molar-refractivity contribution in [2.75, 3.05) is 6.61 Å². The molecule has 0 saturated carbocycles. The van der Waals surface area contributed by atoms with Crippen molar-refractivity contribution < 1.29 is 4.74 Å². The molecule has 46 valence electrons. The number of hydrogen-bond acceptors (Lipinski definition) is 1. The first-order chi connectivity index (χ1) is 3.93. The first kappa shape index (κ1) is 5.67. The third-order valence-corrected chi connectivity index (χ3v) is 1.37. The molecule has 0 amide bonds. The van der Waals surface area contributed by atoms with Crippen LogP contribution in [-0.2, 0) is 4.74 Å². The highest BCUT2D eigenvalue weighted by molar-refractivity contribution is 5.05. The van der Waals surface area contributed by atoms with Crippen molar-refractivity contribution >= 4 is 0 Å². The molecule has 0 N–H and O–H groups in total. The molecule has 1 heteroatoms. The Bertz CT molecular complexity index is 94.6. The first-order valence-corrected chi connectivity index (χ1v) is 3.23. The van der Waals surface area contributed by atoms with Gasteiger partial charge in [0.2, 0.25) is 0 Å². The van der Waals surface area contributed by atoms with E-state index in [1.807, 2.05) is 6.26 Å². The fraction of sp³-hybridized carbons (Fsp3) is 0.714. The molecule has 0 spiro atoms. The summed E-state index contributed by atoms with van der Waals surface area (Å²) in [6, 6.07) is 0. The van der Waals surface area contributed by atoms with Crippen molar-refractivity contribution in [2.24, 2.45) is 0 Å². The molecule has 0 radical (unpaired) electrons. The second kappa shape index (κ2) is 2.75. The van der Waals surface area contributed by atoms with Crippen molar-refractivity contribution in [3.05, 3.63) is 11.8 Å². The van der Waals surface area contributed by atoms with Crippen molar-refractivity contribution in [3.63, 3.8) is 0 Å². The van der Waals surface area contributed by atoms with Crippen LogP contribution in [0, 0.1) is 0 Å². The van der Waals surface area contributed by atoms with Crippen LogP contribution in [0.3, 0.4) is 0 Å². The molecule has 0 aromatic rings. The van der Waals surface area contributed by atoms with Crippen LogP contribution in [0.2, 0.25) is 0 Å². The van der Waals surface area contributed by atoms with Crippen LogP contribution in [0.15, 0.2) is 11.8 Å². The van der Waals surface area contributed by atoms with E-state index in [-0.39, 0.29) is 0 Å². The monoisotopic (exact) mass is 112 g/mol. The third-order valence-electron chi connectivity index (χ3n) is 1.37. The fourth-order valence-electron chi connectivity index (χ4n) is 0.736. The Labute approximate surface area is 50.3 Å².